The number of methoxy groups -OCH3 is 2. The number of anilines is 2. The molecule has 0 saturated heterocycles. The third kappa shape index (κ3) is 5.81. The Morgan fingerprint density at radius 2 is 1.84 bits per heavy atom. The Morgan fingerprint density at radius 1 is 1.10 bits per heavy atom. The Bertz CT molecular complexity index is 995. The molecule has 2 aromatic heterocycles. The van der Waals surface area contributed by atoms with Crippen LogP contribution in [0.3, 0.4) is 0 Å². The summed E-state index contributed by atoms with van der Waals surface area (Å²) in [6.45, 7) is 1.73. The van der Waals surface area contributed by atoms with Crippen LogP contribution in [-0.4, -0.2) is 51.8 Å². The summed E-state index contributed by atoms with van der Waals surface area (Å²) < 4.78 is 12.5. The van der Waals surface area contributed by atoms with Crippen LogP contribution >= 0.6 is 0 Å². The number of hydrogen-bond donors (Lipinski definition) is 2. The van der Waals surface area contributed by atoms with Gasteiger partial charge in [0.25, 0.3) is 0 Å². The first-order valence-electron chi connectivity index (χ1n) is 9.76. The molecular weight excluding hydrogens is 402 g/mol. The second-order valence-corrected chi connectivity index (χ2v) is 6.62. The number of aryl methyl sites for hydroxylation is 1. The number of imidazole rings is 1. The van der Waals surface area contributed by atoms with Crippen molar-refractivity contribution in [2.24, 2.45) is 0 Å². The molecule has 11 nitrogen and oxygen atoms in total. The van der Waals surface area contributed by atoms with Crippen LogP contribution in [0, 0.1) is 10.1 Å². The molecule has 0 fully saturated rings. The molecule has 3 rings (SSSR count). The van der Waals surface area contributed by atoms with Gasteiger partial charge in [-0.1, -0.05) is 6.07 Å². The van der Waals surface area contributed by atoms with Gasteiger partial charge in [-0.3, -0.25) is 10.1 Å². The number of ether oxygens (including phenoxy) is 2. The lowest BCUT2D eigenvalue weighted by molar-refractivity contribution is -0.383. The Hall–Kier alpha value is -3.89. The molecular formula is C20H25N7O4. The molecule has 0 unspecified atom stereocenters. The first-order chi connectivity index (χ1) is 15.1. The standard InChI is InChI=1S/C20H25N7O4/c1-30-16-5-4-15(12-17(16)31-2)6-8-23-20-18(27(28)29)19(24-13-25-20)22-7-3-10-26-11-9-21-14-26/h4-5,9,11-14H,3,6-8,10H2,1-2H3,(H2,22,23,24,25). The van der Waals surface area contributed by atoms with Crippen LogP contribution in [0.25, 0.3) is 0 Å². The van der Waals surface area contributed by atoms with Gasteiger partial charge in [-0.05, 0) is 30.5 Å². The van der Waals surface area contributed by atoms with Crippen molar-refractivity contribution < 1.29 is 14.4 Å². The summed E-state index contributed by atoms with van der Waals surface area (Å²) in [4.78, 5) is 23.3. The fourth-order valence-electron chi connectivity index (χ4n) is 3.06. The van der Waals surface area contributed by atoms with Crippen LogP contribution in [0.2, 0.25) is 0 Å². The van der Waals surface area contributed by atoms with Crippen molar-refractivity contribution in [3.05, 3.63) is 58.9 Å². The lowest BCUT2D eigenvalue weighted by Crippen LogP contribution is -2.13. The van der Waals surface area contributed by atoms with E-state index in [0.29, 0.717) is 31.0 Å². The van der Waals surface area contributed by atoms with Gasteiger partial charge in [0.1, 0.15) is 6.33 Å². The minimum absolute atomic E-state index is 0.169. The summed E-state index contributed by atoms with van der Waals surface area (Å²) >= 11 is 0. The molecule has 31 heavy (non-hydrogen) atoms. The molecule has 2 heterocycles. The van der Waals surface area contributed by atoms with Gasteiger partial charge in [-0.15, -0.1) is 0 Å². The molecule has 164 valence electrons. The lowest BCUT2D eigenvalue weighted by atomic mass is 10.1. The number of benzene rings is 1. The number of nitrogens with one attached hydrogen (secondary N) is 2. The van der Waals surface area contributed by atoms with E-state index in [0.717, 1.165) is 18.5 Å². The zero-order valence-corrected chi connectivity index (χ0v) is 17.4. The second kappa shape index (κ2) is 10.8. The highest BCUT2D eigenvalue weighted by atomic mass is 16.6. The highest BCUT2D eigenvalue weighted by molar-refractivity contribution is 5.69. The molecule has 0 spiro atoms. The third-order valence-electron chi connectivity index (χ3n) is 4.60. The summed E-state index contributed by atoms with van der Waals surface area (Å²) in [6.07, 6.45) is 8.00. The number of nitro groups is 1. The predicted octanol–water partition coefficient (Wildman–Crippen LogP) is 2.76. The molecule has 0 amide bonds. The number of rotatable bonds is 12. The Balaban J connectivity index is 1.60. The van der Waals surface area contributed by atoms with Gasteiger partial charge >= 0.3 is 5.69 Å². The Morgan fingerprint density at radius 3 is 2.48 bits per heavy atom. The highest BCUT2D eigenvalue weighted by Crippen LogP contribution is 2.30. The highest BCUT2D eigenvalue weighted by Gasteiger charge is 2.22. The molecule has 2 N–H and O–H groups in total. The van der Waals surface area contributed by atoms with Crippen LogP contribution in [-0.2, 0) is 13.0 Å². The van der Waals surface area contributed by atoms with E-state index >= 15 is 0 Å². The first kappa shape index (κ1) is 21.8. The van der Waals surface area contributed by atoms with Gasteiger partial charge < -0.3 is 24.7 Å². The van der Waals surface area contributed by atoms with Crippen LogP contribution < -0.4 is 20.1 Å². The maximum atomic E-state index is 11.7. The SMILES string of the molecule is COc1ccc(CCNc2ncnc(NCCCn3ccnc3)c2[N+](=O)[O-])cc1OC. The largest absolute Gasteiger partial charge is 0.493 e. The van der Waals surface area contributed by atoms with Crippen molar-refractivity contribution in [1.82, 2.24) is 19.5 Å². The van der Waals surface area contributed by atoms with Crippen LogP contribution in [0.15, 0.2) is 43.2 Å². The van der Waals surface area contributed by atoms with Gasteiger partial charge in [0.2, 0.25) is 11.6 Å². The van der Waals surface area contributed by atoms with E-state index in [1.165, 1.54) is 6.33 Å². The third-order valence-corrected chi connectivity index (χ3v) is 4.60. The zero-order chi connectivity index (χ0) is 22.1. The van der Waals surface area contributed by atoms with Crippen molar-refractivity contribution in [3.63, 3.8) is 0 Å². The summed E-state index contributed by atoms with van der Waals surface area (Å²) in [5, 5.41) is 17.7. The van der Waals surface area contributed by atoms with Crippen molar-refractivity contribution >= 4 is 17.3 Å². The normalized spacial score (nSPS) is 10.5. The molecule has 0 aliphatic rings. The molecule has 0 aliphatic heterocycles. The quantitative estimate of drug-likeness (QED) is 0.254. The van der Waals surface area contributed by atoms with Crippen LogP contribution in [0.1, 0.15) is 12.0 Å². The number of hydrogen-bond acceptors (Lipinski definition) is 9. The smallest absolute Gasteiger partial charge is 0.353 e. The van der Waals surface area contributed by atoms with Crippen molar-refractivity contribution in [2.75, 3.05) is 37.9 Å². The monoisotopic (exact) mass is 427 g/mol. The van der Waals surface area contributed by atoms with Gasteiger partial charge in [-0.2, -0.15) is 0 Å². The molecule has 0 atom stereocenters. The van der Waals surface area contributed by atoms with Gasteiger partial charge in [-0.25, -0.2) is 15.0 Å². The average Bonchev–Trinajstić information content (AvgIpc) is 3.30. The summed E-state index contributed by atoms with van der Waals surface area (Å²) in [5.74, 6) is 1.65. The van der Waals surface area contributed by atoms with E-state index in [1.54, 1.807) is 26.7 Å². The van der Waals surface area contributed by atoms with E-state index < -0.39 is 4.92 Å². The van der Waals surface area contributed by atoms with Crippen molar-refractivity contribution in [1.29, 1.82) is 0 Å². The van der Waals surface area contributed by atoms with Crippen LogP contribution in [0.5, 0.6) is 11.5 Å². The maximum absolute atomic E-state index is 11.7. The van der Waals surface area contributed by atoms with Gasteiger partial charge in [0.15, 0.2) is 11.5 Å². The molecule has 0 bridgehead atoms. The van der Waals surface area contributed by atoms with E-state index in [1.807, 2.05) is 29.0 Å². The van der Waals surface area contributed by atoms with E-state index in [9.17, 15) is 10.1 Å². The summed E-state index contributed by atoms with van der Waals surface area (Å²) in [7, 11) is 3.16. The van der Waals surface area contributed by atoms with Gasteiger partial charge in [0.05, 0.1) is 25.5 Å². The molecule has 11 heteroatoms. The topological polar surface area (TPSA) is 129 Å². The summed E-state index contributed by atoms with van der Waals surface area (Å²) in [6, 6.07) is 5.62. The lowest BCUT2D eigenvalue weighted by Gasteiger charge is -2.11. The average molecular weight is 427 g/mol. The first-order valence-corrected chi connectivity index (χ1v) is 9.76. The number of nitrogens with zero attached hydrogens (tertiary/aromatic N) is 5. The molecule has 0 aliphatic carbocycles. The van der Waals surface area contributed by atoms with Crippen molar-refractivity contribution in [3.8, 4) is 11.5 Å². The summed E-state index contributed by atoms with van der Waals surface area (Å²) in [5.41, 5.74) is 0.831. The Labute approximate surface area is 179 Å². The van der Waals surface area contributed by atoms with E-state index in [-0.39, 0.29) is 17.3 Å². The van der Waals surface area contributed by atoms with Crippen LogP contribution in [0.4, 0.5) is 17.3 Å². The van der Waals surface area contributed by atoms with Crippen molar-refractivity contribution in [2.45, 2.75) is 19.4 Å². The van der Waals surface area contributed by atoms with Gasteiger partial charge in [0, 0.05) is 32.0 Å². The number of aromatic nitrogens is 4. The molecule has 0 radical (unpaired) electrons. The predicted molar refractivity (Wildman–Crippen MR) is 116 cm³/mol. The molecule has 1 aromatic carbocycles. The maximum Gasteiger partial charge on any atom is 0.353 e. The minimum Gasteiger partial charge on any atom is -0.493 e. The fraction of sp³-hybridized carbons (Fsp3) is 0.350. The second-order valence-electron chi connectivity index (χ2n) is 6.62. The molecule has 0 saturated carbocycles. The minimum atomic E-state index is -0.475. The molecule has 3 aromatic rings. The van der Waals surface area contributed by atoms with E-state index in [4.69, 9.17) is 9.47 Å². The fourth-order valence-corrected chi connectivity index (χ4v) is 3.06. The van der Waals surface area contributed by atoms with E-state index in [2.05, 4.69) is 25.6 Å². The zero-order valence-electron chi connectivity index (χ0n) is 17.4. The Kier molecular flexibility index (Phi) is 7.57.